The van der Waals surface area contributed by atoms with Crippen LogP contribution >= 0.6 is 11.3 Å². The zero-order chi connectivity index (χ0) is 15.3. The van der Waals surface area contributed by atoms with Crippen LogP contribution in [0.15, 0.2) is 11.0 Å². The molecule has 1 rings (SSSR count). The van der Waals surface area contributed by atoms with Gasteiger partial charge in [0.1, 0.15) is 0 Å². The van der Waals surface area contributed by atoms with E-state index in [9.17, 15) is 8.42 Å². The topological polar surface area (TPSA) is 52.7 Å². The van der Waals surface area contributed by atoms with Crippen LogP contribution in [-0.2, 0) is 16.6 Å². The van der Waals surface area contributed by atoms with E-state index >= 15 is 0 Å². The van der Waals surface area contributed by atoms with Gasteiger partial charge in [0.05, 0.1) is 4.90 Å². The van der Waals surface area contributed by atoms with Gasteiger partial charge in [-0.2, -0.15) is 0 Å². The van der Waals surface area contributed by atoms with Crippen molar-refractivity contribution in [1.29, 1.82) is 0 Å². The Morgan fingerprint density at radius 1 is 1.25 bits per heavy atom. The van der Waals surface area contributed by atoms with E-state index in [2.05, 4.69) is 10.2 Å². The van der Waals surface area contributed by atoms with Gasteiger partial charge in [0.25, 0.3) is 0 Å². The summed E-state index contributed by atoms with van der Waals surface area (Å²) >= 11 is 1.54. The number of rotatable bonds is 8. The lowest BCUT2D eigenvalue weighted by Gasteiger charge is -2.18. The molecule has 0 saturated heterocycles. The lowest BCUT2D eigenvalue weighted by molar-refractivity contribution is 0.370. The highest BCUT2D eigenvalue weighted by molar-refractivity contribution is 7.89. The summed E-state index contributed by atoms with van der Waals surface area (Å²) in [4.78, 5) is 4.40. The molecule has 0 radical (unpaired) electrons. The van der Waals surface area contributed by atoms with Crippen molar-refractivity contribution in [2.24, 2.45) is 0 Å². The highest BCUT2D eigenvalue weighted by Gasteiger charge is 2.24. The highest BCUT2D eigenvalue weighted by atomic mass is 32.2. The van der Waals surface area contributed by atoms with Crippen molar-refractivity contribution in [3.63, 3.8) is 0 Å². The van der Waals surface area contributed by atoms with E-state index in [0.29, 0.717) is 18.0 Å². The van der Waals surface area contributed by atoms with Crippen LogP contribution in [0.4, 0.5) is 0 Å². The largest absolute Gasteiger partial charge is 0.315 e. The minimum Gasteiger partial charge on any atom is -0.315 e. The highest BCUT2D eigenvalue weighted by Crippen LogP contribution is 2.27. The number of nitrogens with zero attached hydrogens (tertiary/aromatic N) is 2. The summed E-state index contributed by atoms with van der Waals surface area (Å²) < 4.78 is 26.5. The van der Waals surface area contributed by atoms with Crippen LogP contribution in [0.1, 0.15) is 16.2 Å². The second-order valence-electron chi connectivity index (χ2n) is 5.15. The van der Waals surface area contributed by atoms with Crippen LogP contribution in [-0.4, -0.2) is 58.9 Å². The first-order chi connectivity index (χ1) is 9.28. The molecule has 0 saturated carbocycles. The third-order valence-electron chi connectivity index (χ3n) is 3.04. The first-order valence-corrected chi connectivity index (χ1v) is 8.89. The number of aryl methyl sites for hydroxylation is 1. The van der Waals surface area contributed by atoms with E-state index < -0.39 is 10.0 Å². The second kappa shape index (κ2) is 7.51. The monoisotopic (exact) mass is 319 g/mol. The van der Waals surface area contributed by atoms with Gasteiger partial charge < -0.3 is 10.2 Å². The molecule has 0 aliphatic carbocycles. The number of hydrogen-bond donors (Lipinski definition) is 1. The van der Waals surface area contributed by atoms with E-state index in [-0.39, 0.29) is 0 Å². The van der Waals surface area contributed by atoms with Crippen molar-refractivity contribution in [2.75, 3.05) is 41.3 Å². The van der Waals surface area contributed by atoms with Gasteiger partial charge >= 0.3 is 0 Å². The number of thiophene rings is 1. The van der Waals surface area contributed by atoms with Gasteiger partial charge in [0.2, 0.25) is 10.0 Å². The van der Waals surface area contributed by atoms with Crippen molar-refractivity contribution in [3.05, 3.63) is 15.8 Å². The van der Waals surface area contributed by atoms with Crippen molar-refractivity contribution in [2.45, 2.75) is 24.8 Å². The van der Waals surface area contributed by atoms with E-state index in [0.717, 1.165) is 22.7 Å². The van der Waals surface area contributed by atoms with Gasteiger partial charge in [-0.1, -0.05) is 0 Å². The summed E-state index contributed by atoms with van der Waals surface area (Å²) in [5, 5.41) is 3.05. The molecule has 1 aromatic rings. The lowest BCUT2D eigenvalue weighted by Crippen LogP contribution is -2.30. The molecule has 1 heterocycles. The van der Waals surface area contributed by atoms with Gasteiger partial charge in [-0.25, -0.2) is 12.7 Å². The molecule has 0 spiro atoms. The lowest BCUT2D eigenvalue weighted by atomic mass is 10.4. The van der Waals surface area contributed by atoms with Crippen LogP contribution in [0.25, 0.3) is 0 Å². The Bertz CT molecular complexity index is 524. The summed E-state index contributed by atoms with van der Waals surface area (Å²) in [6.45, 7) is 3.99. The number of nitrogens with one attached hydrogen (secondary N) is 1. The Labute approximate surface area is 126 Å². The molecule has 0 aromatic carbocycles. The molecule has 20 heavy (non-hydrogen) atoms. The molecular formula is C13H25N3O2S2. The fourth-order valence-electron chi connectivity index (χ4n) is 1.94. The first kappa shape index (κ1) is 17.6. The number of hydrogen-bond acceptors (Lipinski definition) is 5. The van der Waals surface area contributed by atoms with Crippen LogP contribution in [0, 0.1) is 6.92 Å². The minimum absolute atomic E-state index is 0.445. The Morgan fingerprint density at radius 3 is 2.45 bits per heavy atom. The molecule has 0 fully saturated rings. The van der Waals surface area contributed by atoms with Crippen LogP contribution < -0.4 is 5.32 Å². The summed E-state index contributed by atoms with van der Waals surface area (Å²) in [6.07, 6.45) is 0.829. The Kier molecular flexibility index (Phi) is 6.60. The molecule has 116 valence electrons. The predicted molar refractivity (Wildman–Crippen MR) is 84.8 cm³/mol. The zero-order valence-corrected chi connectivity index (χ0v) is 14.6. The molecule has 5 nitrogen and oxygen atoms in total. The van der Waals surface area contributed by atoms with E-state index in [1.54, 1.807) is 13.1 Å². The molecular weight excluding hydrogens is 294 g/mol. The predicted octanol–water partition coefficient (Wildman–Crippen LogP) is 1.35. The summed E-state index contributed by atoms with van der Waals surface area (Å²) in [7, 11) is 4.12. The SMILES string of the molecule is CNCc1cc(S(=O)(=O)N(C)CCCN(C)C)c(C)s1. The van der Waals surface area contributed by atoms with E-state index in [4.69, 9.17) is 0 Å². The maximum absolute atomic E-state index is 12.5. The quantitative estimate of drug-likeness (QED) is 0.786. The Morgan fingerprint density at radius 2 is 1.90 bits per heavy atom. The smallest absolute Gasteiger partial charge is 0.243 e. The van der Waals surface area contributed by atoms with Crippen LogP contribution in [0.2, 0.25) is 0 Å². The van der Waals surface area contributed by atoms with Crippen molar-refractivity contribution >= 4 is 21.4 Å². The zero-order valence-electron chi connectivity index (χ0n) is 12.9. The average Bonchev–Trinajstić information content (AvgIpc) is 2.70. The molecule has 0 amide bonds. The van der Waals surface area contributed by atoms with Gasteiger partial charge in [-0.05, 0) is 47.1 Å². The molecule has 0 unspecified atom stereocenters. The fraction of sp³-hybridized carbons (Fsp3) is 0.692. The number of sulfonamides is 1. The summed E-state index contributed by atoms with van der Waals surface area (Å²) in [5.41, 5.74) is 0. The normalized spacial score (nSPS) is 12.6. The summed E-state index contributed by atoms with van der Waals surface area (Å²) in [6, 6.07) is 1.79. The molecule has 1 aromatic heterocycles. The van der Waals surface area contributed by atoms with Crippen molar-refractivity contribution in [1.82, 2.24) is 14.5 Å². The van der Waals surface area contributed by atoms with E-state index in [1.165, 1.54) is 15.6 Å². The third-order valence-corrected chi connectivity index (χ3v) is 6.20. The van der Waals surface area contributed by atoms with Crippen LogP contribution in [0.3, 0.4) is 0 Å². The molecule has 1 N–H and O–H groups in total. The van der Waals surface area contributed by atoms with Gasteiger partial charge in [-0.3, -0.25) is 0 Å². The maximum Gasteiger partial charge on any atom is 0.243 e. The third kappa shape index (κ3) is 4.53. The molecule has 0 bridgehead atoms. The van der Waals surface area contributed by atoms with Gasteiger partial charge in [0, 0.05) is 29.9 Å². The fourth-order valence-corrected chi connectivity index (χ4v) is 4.76. The maximum atomic E-state index is 12.5. The van der Waals surface area contributed by atoms with Gasteiger partial charge in [0.15, 0.2) is 0 Å². The van der Waals surface area contributed by atoms with Crippen LogP contribution in [0.5, 0.6) is 0 Å². The standard InChI is InChI=1S/C13H25N3O2S2/c1-11-13(9-12(19-11)10-14-2)20(17,18)16(5)8-6-7-15(3)4/h9,14H,6-8,10H2,1-5H3. The summed E-state index contributed by atoms with van der Waals surface area (Å²) in [5.74, 6) is 0. The molecule has 0 atom stereocenters. The van der Waals surface area contributed by atoms with Gasteiger partial charge in [-0.15, -0.1) is 11.3 Å². The average molecular weight is 319 g/mol. The molecule has 7 heteroatoms. The second-order valence-corrected chi connectivity index (χ2v) is 8.50. The van der Waals surface area contributed by atoms with E-state index in [1.807, 2.05) is 28.1 Å². The molecule has 0 aliphatic rings. The van der Waals surface area contributed by atoms with Crippen molar-refractivity contribution < 1.29 is 8.42 Å². The Balaban J connectivity index is 2.81. The first-order valence-electron chi connectivity index (χ1n) is 6.64. The Hall–Kier alpha value is -0.470. The molecule has 0 aliphatic heterocycles. The van der Waals surface area contributed by atoms with Crippen molar-refractivity contribution in [3.8, 4) is 0 Å². The minimum atomic E-state index is -3.37.